The van der Waals surface area contributed by atoms with Crippen molar-refractivity contribution < 1.29 is 0 Å². The first-order valence-corrected chi connectivity index (χ1v) is 5.99. The predicted octanol–water partition coefficient (Wildman–Crippen LogP) is 2.06. The molecule has 0 spiro atoms. The van der Waals surface area contributed by atoms with Crippen LogP contribution in [0.15, 0.2) is 36.7 Å². The Morgan fingerprint density at radius 2 is 2.12 bits per heavy atom. The Hall–Kier alpha value is -1.61. The standard InChI is InChI=1S/C14H19N3/c1-12-5-3-4-6-13(12)7-8-15-11-14-16-9-10-17(14)2/h3-6,9-10,15H,7-8,11H2,1-2H3. The first-order valence-electron chi connectivity index (χ1n) is 5.99. The zero-order chi connectivity index (χ0) is 12.1. The quantitative estimate of drug-likeness (QED) is 0.795. The molecule has 0 atom stereocenters. The van der Waals surface area contributed by atoms with Gasteiger partial charge < -0.3 is 9.88 Å². The summed E-state index contributed by atoms with van der Waals surface area (Å²) in [4.78, 5) is 4.28. The van der Waals surface area contributed by atoms with Crippen molar-refractivity contribution in [1.29, 1.82) is 0 Å². The smallest absolute Gasteiger partial charge is 0.122 e. The molecule has 17 heavy (non-hydrogen) atoms. The van der Waals surface area contributed by atoms with Crippen molar-refractivity contribution in [2.24, 2.45) is 7.05 Å². The number of imidazole rings is 1. The third-order valence-electron chi connectivity index (χ3n) is 3.04. The van der Waals surface area contributed by atoms with E-state index in [2.05, 4.69) is 41.5 Å². The van der Waals surface area contributed by atoms with Crippen LogP contribution in [0.4, 0.5) is 0 Å². The summed E-state index contributed by atoms with van der Waals surface area (Å²) in [5.74, 6) is 1.08. The van der Waals surface area contributed by atoms with Gasteiger partial charge in [0.25, 0.3) is 0 Å². The van der Waals surface area contributed by atoms with E-state index < -0.39 is 0 Å². The third-order valence-corrected chi connectivity index (χ3v) is 3.04. The molecule has 0 bridgehead atoms. The van der Waals surface area contributed by atoms with Crippen LogP contribution in [-0.4, -0.2) is 16.1 Å². The van der Waals surface area contributed by atoms with E-state index in [0.717, 1.165) is 25.3 Å². The summed E-state index contributed by atoms with van der Waals surface area (Å²) in [6, 6.07) is 8.53. The number of benzene rings is 1. The summed E-state index contributed by atoms with van der Waals surface area (Å²) >= 11 is 0. The van der Waals surface area contributed by atoms with Gasteiger partial charge in [0.15, 0.2) is 0 Å². The van der Waals surface area contributed by atoms with Crippen LogP contribution in [0.2, 0.25) is 0 Å². The lowest BCUT2D eigenvalue weighted by molar-refractivity contribution is 0.637. The number of rotatable bonds is 5. The van der Waals surface area contributed by atoms with Crippen LogP contribution in [0.3, 0.4) is 0 Å². The van der Waals surface area contributed by atoms with Crippen LogP contribution in [-0.2, 0) is 20.0 Å². The van der Waals surface area contributed by atoms with Crippen molar-refractivity contribution in [2.45, 2.75) is 19.9 Å². The SMILES string of the molecule is Cc1ccccc1CCNCc1nccn1C. The average molecular weight is 229 g/mol. The van der Waals surface area contributed by atoms with E-state index in [1.54, 1.807) is 0 Å². The fourth-order valence-electron chi connectivity index (χ4n) is 1.88. The van der Waals surface area contributed by atoms with Gasteiger partial charge in [-0.3, -0.25) is 0 Å². The van der Waals surface area contributed by atoms with Gasteiger partial charge in [0.05, 0.1) is 6.54 Å². The number of hydrogen-bond acceptors (Lipinski definition) is 2. The maximum atomic E-state index is 4.28. The van der Waals surface area contributed by atoms with Gasteiger partial charge >= 0.3 is 0 Å². The molecule has 3 nitrogen and oxygen atoms in total. The molecule has 1 aromatic heterocycles. The highest BCUT2D eigenvalue weighted by atomic mass is 15.1. The van der Waals surface area contributed by atoms with E-state index in [4.69, 9.17) is 0 Å². The van der Waals surface area contributed by atoms with Crippen molar-refractivity contribution in [3.05, 3.63) is 53.6 Å². The molecule has 90 valence electrons. The van der Waals surface area contributed by atoms with Crippen LogP contribution >= 0.6 is 0 Å². The second-order valence-corrected chi connectivity index (χ2v) is 4.31. The fourth-order valence-corrected chi connectivity index (χ4v) is 1.88. The molecule has 0 radical (unpaired) electrons. The molecular formula is C14H19N3. The van der Waals surface area contributed by atoms with Crippen LogP contribution in [0, 0.1) is 6.92 Å². The molecule has 0 fully saturated rings. The van der Waals surface area contributed by atoms with Crippen molar-refractivity contribution in [3.8, 4) is 0 Å². The molecule has 0 amide bonds. The second-order valence-electron chi connectivity index (χ2n) is 4.31. The zero-order valence-electron chi connectivity index (χ0n) is 10.5. The Bertz CT molecular complexity index is 474. The van der Waals surface area contributed by atoms with Gasteiger partial charge in [0.1, 0.15) is 5.82 Å². The van der Waals surface area contributed by atoms with E-state index in [-0.39, 0.29) is 0 Å². The molecule has 1 aromatic carbocycles. The molecule has 2 rings (SSSR count). The van der Waals surface area contributed by atoms with Gasteiger partial charge in [-0.2, -0.15) is 0 Å². The monoisotopic (exact) mass is 229 g/mol. The molecule has 0 unspecified atom stereocenters. The molecule has 0 saturated heterocycles. The van der Waals surface area contributed by atoms with E-state index in [1.807, 2.05) is 24.0 Å². The van der Waals surface area contributed by atoms with Gasteiger partial charge in [0.2, 0.25) is 0 Å². The Kier molecular flexibility index (Phi) is 3.94. The largest absolute Gasteiger partial charge is 0.337 e. The molecular weight excluding hydrogens is 210 g/mol. The Morgan fingerprint density at radius 1 is 1.29 bits per heavy atom. The molecule has 0 aliphatic heterocycles. The zero-order valence-corrected chi connectivity index (χ0v) is 10.5. The summed E-state index contributed by atoms with van der Waals surface area (Å²) in [5.41, 5.74) is 2.78. The Morgan fingerprint density at radius 3 is 2.82 bits per heavy atom. The van der Waals surface area contributed by atoms with Crippen molar-refractivity contribution in [2.75, 3.05) is 6.54 Å². The molecule has 0 saturated carbocycles. The van der Waals surface area contributed by atoms with Crippen molar-refractivity contribution in [1.82, 2.24) is 14.9 Å². The number of nitrogens with one attached hydrogen (secondary N) is 1. The lowest BCUT2D eigenvalue weighted by Gasteiger charge is -2.07. The number of aryl methyl sites for hydroxylation is 2. The molecule has 1 N–H and O–H groups in total. The third kappa shape index (κ3) is 3.17. The molecule has 3 heteroatoms. The van der Waals surface area contributed by atoms with Crippen LogP contribution in [0.1, 0.15) is 17.0 Å². The van der Waals surface area contributed by atoms with Crippen LogP contribution in [0.25, 0.3) is 0 Å². The number of hydrogen-bond donors (Lipinski definition) is 1. The Balaban J connectivity index is 1.77. The van der Waals surface area contributed by atoms with E-state index >= 15 is 0 Å². The summed E-state index contributed by atoms with van der Waals surface area (Å²) < 4.78 is 2.04. The first kappa shape index (κ1) is 11.9. The first-order chi connectivity index (χ1) is 8.27. The molecule has 1 heterocycles. The summed E-state index contributed by atoms with van der Waals surface area (Å²) in [6.07, 6.45) is 4.87. The lowest BCUT2D eigenvalue weighted by Crippen LogP contribution is -2.19. The lowest BCUT2D eigenvalue weighted by atomic mass is 10.1. The minimum absolute atomic E-state index is 0.829. The van der Waals surface area contributed by atoms with E-state index in [1.165, 1.54) is 11.1 Å². The molecule has 0 aliphatic carbocycles. The topological polar surface area (TPSA) is 29.9 Å². The average Bonchev–Trinajstić information content (AvgIpc) is 2.73. The summed E-state index contributed by atoms with van der Waals surface area (Å²) in [6.45, 7) is 3.97. The maximum absolute atomic E-state index is 4.28. The predicted molar refractivity (Wildman–Crippen MR) is 69.8 cm³/mol. The van der Waals surface area contributed by atoms with Gasteiger partial charge in [-0.25, -0.2) is 4.98 Å². The Labute approximate surface area is 103 Å². The normalized spacial score (nSPS) is 10.7. The van der Waals surface area contributed by atoms with E-state index in [9.17, 15) is 0 Å². The van der Waals surface area contributed by atoms with Gasteiger partial charge in [-0.1, -0.05) is 24.3 Å². The van der Waals surface area contributed by atoms with E-state index in [0.29, 0.717) is 0 Å². The van der Waals surface area contributed by atoms with Gasteiger partial charge in [0, 0.05) is 19.4 Å². The number of aromatic nitrogens is 2. The summed E-state index contributed by atoms with van der Waals surface area (Å²) in [5, 5.41) is 3.42. The summed E-state index contributed by atoms with van der Waals surface area (Å²) in [7, 11) is 2.02. The minimum atomic E-state index is 0.829. The highest BCUT2D eigenvalue weighted by Crippen LogP contribution is 2.06. The molecule has 2 aromatic rings. The van der Waals surface area contributed by atoms with Crippen LogP contribution < -0.4 is 5.32 Å². The maximum Gasteiger partial charge on any atom is 0.122 e. The minimum Gasteiger partial charge on any atom is -0.337 e. The van der Waals surface area contributed by atoms with Crippen LogP contribution in [0.5, 0.6) is 0 Å². The fraction of sp³-hybridized carbons (Fsp3) is 0.357. The van der Waals surface area contributed by atoms with Crippen molar-refractivity contribution in [3.63, 3.8) is 0 Å². The highest BCUT2D eigenvalue weighted by molar-refractivity contribution is 5.25. The van der Waals surface area contributed by atoms with Gasteiger partial charge in [-0.15, -0.1) is 0 Å². The highest BCUT2D eigenvalue weighted by Gasteiger charge is 1.99. The molecule has 0 aliphatic rings. The van der Waals surface area contributed by atoms with Gasteiger partial charge in [-0.05, 0) is 31.0 Å². The van der Waals surface area contributed by atoms with Crippen molar-refractivity contribution >= 4 is 0 Å². The number of nitrogens with zero attached hydrogens (tertiary/aromatic N) is 2. The second kappa shape index (κ2) is 5.64.